The summed E-state index contributed by atoms with van der Waals surface area (Å²) < 4.78 is 0. The Morgan fingerprint density at radius 1 is 1.35 bits per heavy atom. The van der Waals surface area contributed by atoms with Gasteiger partial charge in [-0.05, 0) is 39.7 Å². The van der Waals surface area contributed by atoms with E-state index in [0.717, 1.165) is 43.4 Å². The van der Waals surface area contributed by atoms with E-state index in [1.165, 1.54) is 6.42 Å². The number of aromatic carboxylic acids is 1. The minimum atomic E-state index is -1.00. The molecule has 23 heavy (non-hydrogen) atoms. The van der Waals surface area contributed by atoms with Crippen LogP contribution in [0.2, 0.25) is 0 Å². The largest absolute Gasteiger partial charge is 0.477 e. The molecular formula is C18H23NO3S. The van der Waals surface area contributed by atoms with Gasteiger partial charge in [0, 0.05) is 11.5 Å². The molecule has 1 fully saturated rings. The van der Waals surface area contributed by atoms with Gasteiger partial charge in [-0.1, -0.05) is 31.1 Å². The summed E-state index contributed by atoms with van der Waals surface area (Å²) >= 11 is 1.14. The third kappa shape index (κ3) is 4.59. The van der Waals surface area contributed by atoms with Gasteiger partial charge < -0.3 is 10.0 Å². The Hall–Kier alpha value is -1.80. The summed E-state index contributed by atoms with van der Waals surface area (Å²) in [6.45, 7) is 6.02. The van der Waals surface area contributed by atoms with Crippen LogP contribution in [0, 0.1) is 17.3 Å². The van der Waals surface area contributed by atoms with Crippen LogP contribution in [-0.4, -0.2) is 23.5 Å². The molecule has 1 amide bonds. The number of carbonyl (C=O) groups is 2. The summed E-state index contributed by atoms with van der Waals surface area (Å²) in [6.07, 6.45) is 5.97. The van der Waals surface area contributed by atoms with Crippen molar-refractivity contribution in [3.8, 4) is 11.8 Å². The number of carbonyl (C=O) groups excluding carboxylic acids is 1. The molecular weight excluding hydrogens is 310 g/mol. The Bertz CT molecular complexity index is 639. The van der Waals surface area contributed by atoms with Crippen molar-refractivity contribution in [2.45, 2.75) is 58.9 Å². The quantitative estimate of drug-likeness (QED) is 0.665. The summed E-state index contributed by atoms with van der Waals surface area (Å²) in [5.41, 5.74) is 0.337. The first-order valence-electron chi connectivity index (χ1n) is 7.96. The van der Waals surface area contributed by atoms with Crippen molar-refractivity contribution in [3.63, 3.8) is 0 Å². The molecule has 0 atom stereocenters. The van der Waals surface area contributed by atoms with E-state index < -0.39 is 5.97 Å². The predicted molar refractivity (Wildman–Crippen MR) is 93.0 cm³/mol. The summed E-state index contributed by atoms with van der Waals surface area (Å²) in [5, 5.41) is 9.47. The fourth-order valence-electron chi connectivity index (χ4n) is 2.74. The van der Waals surface area contributed by atoms with E-state index >= 15 is 0 Å². The van der Waals surface area contributed by atoms with E-state index in [1.807, 2.05) is 20.8 Å². The van der Waals surface area contributed by atoms with Crippen molar-refractivity contribution < 1.29 is 14.7 Å². The molecule has 1 aromatic rings. The summed E-state index contributed by atoms with van der Waals surface area (Å²) in [4.78, 5) is 25.7. The summed E-state index contributed by atoms with van der Waals surface area (Å²) in [7, 11) is 0. The predicted octanol–water partition coefficient (Wildman–Crippen LogP) is 4.14. The van der Waals surface area contributed by atoms with Crippen LogP contribution in [0.4, 0.5) is 5.69 Å². The van der Waals surface area contributed by atoms with Gasteiger partial charge in [-0.15, -0.1) is 11.3 Å². The number of rotatable bonds is 4. The molecule has 0 bridgehead atoms. The fourth-order valence-corrected chi connectivity index (χ4v) is 3.58. The number of amides is 1. The SMILES string of the molecule is CC(C)(C)C#Cc1cc(N(C=O)C2CCCCC2)c(C(=O)O)s1. The highest BCUT2D eigenvalue weighted by Gasteiger charge is 2.26. The van der Waals surface area contributed by atoms with Crippen molar-refractivity contribution in [1.82, 2.24) is 0 Å². The minimum absolute atomic E-state index is 0.0948. The van der Waals surface area contributed by atoms with Gasteiger partial charge in [0.25, 0.3) is 0 Å². The van der Waals surface area contributed by atoms with E-state index in [-0.39, 0.29) is 16.3 Å². The van der Waals surface area contributed by atoms with E-state index in [9.17, 15) is 14.7 Å². The van der Waals surface area contributed by atoms with E-state index in [0.29, 0.717) is 10.6 Å². The lowest BCUT2D eigenvalue weighted by atomic mass is 9.94. The van der Waals surface area contributed by atoms with Crippen LogP contribution >= 0.6 is 11.3 Å². The van der Waals surface area contributed by atoms with Crippen LogP contribution in [0.5, 0.6) is 0 Å². The maximum absolute atomic E-state index is 11.6. The molecule has 124 valence electrons. The van der Waals surface area contributed by atoms with Crippen molar-refractivity contribution in [3.05, 3.63) is 15.8 Å². The van der Waals surface area contributed by atoms with Crippen LogP contribution < -0.4 is 4.90 Å². The van der Waals surface area contributed by atoms with Gasteiger partial charge in [0.1, 0.15) is 4.88 Å². The summed E-state index contributed by atoms with van der Waals surface area (Å²) in [6, 6.07) is 1.84. The zero-order valence-corrected chi connectivity index (χ0v) is 14.7. The third-order valence-electron chi connectivity index (χ3n) is 3.83. The van der Waals surface area contributed by atoms with Crippen LogP contribution in [0.25, 0.3) is 0 Å². The third-order valence-corrected chi connectivity index (χ3v) is 4.85. The van der Waals surface area contributed by atoms with Gasteiger partial charge in [0.05, 0.1) is 10.6 Å². The van der Waals surface area contributed by atoms with Crippen molar-refractivity contribution in [1.29, 1.82) is 0 Å². The van der Waals surface area contributed by atoms with Crippen LogP contribution in [-0.2, 0) is 4.79 Å². The Kier molecular flexibility index (Phi) is 5.48. The van der Waals surface area contributed by atoms with Gasteiger partial charge in [-0.2, -0.15) is 0 Å². The fraction of sp³-hybridized carbons (Fsp3) is 0.556. The van der Waals surface area contributed by atoms with E-state index in [1.54, 1.807) is 11.0 Å². The maximum Gasteiger partial charge on any atom is 0.348 e. The van der Waals surface area contributed by atoms with Gasteiger partial charge in [-0.25, -0.2) is 4.79 Å². The molecule has 0 spiro atoms. The van der Waals surface area contributed by atoms with Crippen LogP contribution in [0.1, 0.15) is 67.4 Å². The molecule has 0 aliphatic heterocycles. The zero-order chi connectivity index (χ0) is 17.0. The Morgan fingerprint density at radius 3 is 2.52 bits per heavy atom. The molecule has 1 heterocycles. The first kappa shape index (κ1) is 17.6. The highest BCUT2D eigenvalue weighted by atomic mass is 32.1. The van der Waals surface area contributed by atoms with Crippen molar-refractivity contribution >= 4 is 29.4 Å². The topological polar surface area (TPSA) is 57.6 Å². The molecule has 1 aromatic heterocycles. The number of hydrogen-bond acceptors (Lipinski definition) is 3. The van der Waals surface area contributed by atoms with Gasteiger partial charge in [0.15, 0.2) is 0 Å². The van der Waals surface area contributed by atoms with Gasteiger partial charge >= 0.3 is 5.97 Å². The number of carboxylic acids is 1. The molecule has 0 aromatic carbocycles. The molecule has 0 radical (unpaired) electrons. The highest BCUT2D eigenvalue weighted by Crippen LogP contribution is 2.34. The number of thiophene rings is 1. The first-order valence-corrected chi connectivity index (χ1v) is 8.77. The maximum atomic E-state index is 11.6. The lowest BCUT2D eigenvalue weighted by Gasteiger charge is -2.31. The Labute approximate surface area is 141 Å². The Balaban J connectivity index is 2.38. The van der Waals surface area contributed by atoms with Crippen molar-refractivity contribution in [2.24, 2.45) is 5.41 Å². The molecule has 0 unspecified atom stereocenters. The molecule has 1 aliphatic carbocycles. The second-order valence-corrected chi connectivity index (χ2v) is 7.99. The molecule has 0 saturated heterocycles. The monoisotopic (exact) mass is 333 g/mol. The molecule has 1 saturated carbocycles. The smallest absolute Gasteiger partial charge is 0.348 e. The molecule has 4 nitrogen and oxygen atoms in total. The minimum Gasteiger partial charge on any atom is -0.477 e. The average molecular weight is 333 g/mol. The molecule has 5 heteroatoms. The van der Waals surface area contributed by atoms with Gasteiger partial charge in [0.2, 0.25) is 6.41 Å². The summed E-state index contributed by atoms with van der Waals surface area (Å²) in [5.74, 6) is 5.16. The average Bonchev–Trinajstić information content (AvgIpc) is 2.91. The molecule has 2 rings (SSSR count). The zero-order valence-electron chi connectivity index (χ0n) is 13.9. The second-order valence-electron chi connectivity index (χ2n) is 6.93. The van der Waals surface area contributed by atoms with E-state index in [2.05, 4.69) is 11.8 Å². The van der Waals surface area contributed by atoms with Gasteiger partial charge in [-0.3, -0.25) is 4.79 Å². The number of nitrogens with zero attached hydrogens (tertiary/aromatic N) is 1. The van der Waals surface area contributed by atoms with Crippen LogP contribution in [0.15, 0.2) is 6.07 Å². The molecule has 1 aliphatic rings. The standard InChI is InChI=1S/C18H23NO3S/c1-18(2,3)10-9-14-11-15(16(23-14)17(21)22)19(12-20)13-7-5-4-6-8-13/h11-13H,4-8H2,1-3H3,(H,21,22). The number of hydrogen-bond donors (Lipinski definition) is 1. The molecule has 1 N–H and O–H groups in total. The first-order chi connectivity index (χ1) is 10.8. The van der Waals surface area contributed by atoms with Crippen LogP contribution in [0.3, 0.4) is 0 Å². The lowest BCUT2D eigenvalue weighted by molar-refractivity contribution is -0.108. The highest BCUT2D eigenvalue weighted by molar-refractivity contribution is 7.15. The number of carboxylic acid groups (broad SMARTS) is 1. The van der Waals surface area contributed by atoms with Crippen molar-refractivity contribution in [2.75, 3.05) is 4.90 Å². The normalized spacial score (nSPS) is 15.6. The lowest BCUT2D eigenvalue weighted by Crippen LogP contribution is -2.36. The van der Waals surface area contributed by atoms with E-state index in [4.69, 9.17) is 0 Å². The number of anilines is 1. The Morgan fingerprint density at radius 2 is 2.00 bits per heavy atom. The second kappa shape index (κ2) is 7.18.